The molecule has 0 saturated carbocycles. The molecule has 0 amide bonds. The summed E-state index contributed by atoms with van der Waals surface area (Å²) in [6, 6.07) is 17.8. The Balaban J connectivity index is 1.66. The van der Waals surface area contributed by atoms with Crippen molar-refractivity contribution in [1.29, 1.82) is 0 Å². The van der Waals surface area contributed by atoms with Gasteiger partial charge >= 0.3 is 0 Å². The molecule has 2 nitrogen and oxygen atoms in total. The zero-order valence-electron chi connectivity index (χ0n) is 16.9. The van der Waals surface area contributed by atoms with E-state index in [0.717, 1.165) is 16.9 Å². The van der Waals surface area contributed by atoms with Gasteiger partial charge in [-0.1, -0.05) is 23.8 Å². The SMILES string of the molecule is Cc1ccc(-c2nccc3cc4oc5cc6c(cc5c4cc23)CCCC6)c(C)c1. The van der Waals surface area contributed by atoms with Crippen LogP contribution in [0, 0.1) is 13.8 Å². The molecule has 0 unspecified atom stereocenters. The Labute approximate surface area is 170 Å². The number of hydrogen-bond donors (Lipinski definition) is 0. The number of pyridine rings is 1. The van der Waals surface area contributed by atoms with E-state index < -0.39 is 0 Å². The molecule has 5 aromatic rings. The van der Waals surface area contributed by atoms with Crippen molar-refractivity contribution in [3.63, 3.8) is 0 Å². The van der Waals surface area contributed by atoms with Crippen LogP contribution in [0.1, 0.15) is 35.1 Å². The van der Waals surface area contributed by atoms with Gasteiger partial charge in [0.1, 0.15) is 11.2 Å². The fraction of sp³-hybridized carbons (Fsp3) is 0.222. The first-order valence-corrected chi connectivity index (χ1v) is 10.5. The van der Waals surface area contributed by atoms with Crippen molar-refractivity contribution in [2.75, 3.05) is 0 Å². The van der Waals surface area contributed by atoms with Crippen LogP contribution >= 0.6 is 0 Å². The second-order valence-electron chi connectivity index (χ2n) is 8.47. The fourth-order valence-electron chi connectivity index (χ4n) is 4.97. The van der Waals surface area contributed by atoms with E-state index in [0.29, 0.717) is 0 Å². The third-order valence-corrected chi connectivity index (χ3v) is 6.46. The molecular weight excluding hydrogens is 354 g/mol. The predicted octanol–water partition coefficient (Wildman–Crippen LogP) is 7.30. The molecule has 3 aromatic carbocycles. The van der Waals surface area contributed by atoms with Gasteiger partial charge < -0.3 is 4.42 Å². The fourth-order valence-corrected chi connectivity index (χ4v) is 4.97. The third-order valence-electron chi connectivity index (χ3n) is 6.46. The van der Waals surface area contributed by atoms with Crippen molar-refractivity contribution in [3.05, 3.63) is 77.0 Å². The summed E-state index contributed by atoms with van der Waals surface area (Å²) in [4.78, 5) is 4.78. The van der Waals surface area contributed by atoms with Gasteiger partial charge in [-0.05, 0) is 91.9 Å². The zero-order valence-corrected chi connectivity index (χ0v) is 16.9. The molecular formula is C27H23NO. The summed E-state index contributed by atoms with van der Waals surface area (Å²) in [5, 5.41) is 4.79. The Kier molecular flexibility index (Phi) is 3.58. The van der Waals surface area contributed by atoms with E-state index in [-0.39, 0.29) is 0 Å². The van der Waals surface area contributed by atoms with Crippen LogP contribution in [0.4, 0.5) is 0 Å². The smallest absolute Gasteiger partial charge is 0.136 e. The largest absolute Gasteiger partial charge is 0.456 e. The molecule has 0 atom stereocenters. The number of rotatable bonds is 1. The van der Waals surface area contributed by atoms with Crippen LogP contribution in [-0.2, 0) is 12.8 Å². The maximum atomic E-state index is 6.29. The monoisotopic (exact) mass is 377 g/mol. The lowest BCUT2D eigenvalue weighted by Gasteiger charge is -2.14. The maximum Gasteiger partial charge on any atom is 0.136 e. The second kappa shape index (κ2) is 6.18. The molecule has 0 aliphatic heterocycles. The van der Waals surface area contributed by atoms with Crippen LogP contribution < -0.4 is 0 Å². The van der Waals surface area contributed by atoms with Gasteiger partial charge in [0, 0.05) is 27.9 Å². The van der Waals surface area contributed by atoms with Crippen LogP contribution in [0.15, 0.2) is 59.1 Å². The van der Waals surface area contributed by atoms with Crippen molar-refractivity contribution in [3.8, 4) is 11.3 Å². The number of hydrogen-bond acceptors (Lipinski definition) is 2. The Hall–Kier alpha value is -3.13. The lowest BCUT2D eigenvalue weighted by atomic mass is 9.90. The van der Waals surface area contributed by atoms with Crippen molar-refractivity contribution in [2.45, 2.75) is 39.5 Å². The van der Waals surface area contributed by atoms with Crippen molar-refractivity contribution >= 4 is 32.7 Å². The van der Waals surface area contributed by atoms with Crippen LogP contribution in [-0.4, -0.2) is 4.98 Å². The minimum atomic E-state index is 0.965. The molecule has 0 N–H and O–H groups in total. The number of furan rings is 1. The Morgan fingerprint density at radius 2 is 1.52 bits per heavy atom. The van der Waals surface area contributed by atoms with E-state index in [9.17, 15) is 0 Å². The molecule has 1 aliphatic rings. The maximum absolute atomic E-state index is 6.29. The summed E-state index contributed by atoms with van der Waals surface area (Å²) in [7, 11) is 0. The molecule has 1 aliphatic carbocycles. The number of benzene rings is 3. The summed E-state index contributed by atoms with van der Waals surface area (Å²) in [6.07, 6.45) is 6.83. The molecule has 2 aromatic heterocycles. The first-order chi connectivity index (χ1) is 14.2. The molecule has 0 fully saturated rings. The van der Waals surface area contributed by atoms with Crippen molar-refractivity contribution < 1.29 is 4.42 Å². The van der Waals surface area contributed by atoms with Gasteiger partial charge in [0.2, 0.25) is 0 Å². The van der Waals surface area contributed by atoms with E-state index in [1.54, 1.807) is 0 Å². The predicted molar refractivity (Wildman–Crippen MR) is 121 cm³/mol. The van der Waals surface area contributed by atoms with Crippen LogP contribution in [0.5, 0.6) is 0 Å². The third kappa shape index (κ3) is 2.59. The summed E-state index contributed by atoms with van der Waals surface area (Å²) in [5.41, 5.74) is 9.72. The lowest BCUT2D eigenvalue weighted by Crippen LogP contribution is -2.01. The van der Waals surface area contributed by atoms with Gasteiger partial charge in [0.15, 0.2) is 0 Å². The normalized spacial score (nSPS) is 14.0. The highest BCUT2D eigenvalue weighted by Gasteiger charge is 2.16. The molecule has 0 spiro atoms. The van der Waals surface area contributed by atoms with Crippen LogP contribution in [0.3, 0.4) is 0 Å². The molecule has 142 valence electrons. The van der Waals surface area contributed by atoms with Gasteiger partial charge in [-0.2, -0.15) is 0 Å². The highest BCUT2D eigenvalue weighted by molar-refractivity contribution is 6.12. The van der Waals surface area contributed by atoms with Crippen LogP contribution in [0.2, 0.25) is 0 Å². The number of nitrogens with zero attached hydrogens (tertiary/aromatic N) is 1. The molecule has 0 saturated heterocycles. The average Bonchev–Trinajstić information content (AvgIpc) is 3.06. The Bertz CT molecular complexity index is 1420. The second-order valence-corrected chi connectivity index (χ2v) is 8.47. The highest BCUT2D eigenvalue weighted by atomic mass is 16.3. The van der Waals surface area contributed by atoms with Gasteiger partial charge in [0.05, 0.1) is 5.69 Å². The molecule has 0 radical (unpaired) electrons. The van der Waals surface area contributed by atoms with Crippen LogP contribution in [0.25, 0.3) is 44.0 Å². The van der Waals surface area contributed by atoms with Gasteiger partial charge in [0.25, 0.3) is 0 Å². The topological polar surface area (TPSA) is 26.0 Å². The van der Waals surface area contributed by atoms with Gasteiger partial charge in [-0.3, -0.25) is 4.98 Å². The van der Waals surface area contributed by atoms with Crippen molar-refractivity contribution in [1.82, 2.24) is 4.98 Å². The van der Waals surface area contributed by atoms with Gasteiger partial charge in [-0.25, -0.2) is 0 Å². The van der Waals surface area contributed by atoms with E-state index >= 15 is 0 Å². The van der Waals surface area contributed by atoms with Gasteiger partial charge in [-0.15, -0.1) is 0 Å². The Morgan fingerprint density at radius 3 is 2.34 bits per heavy atom. The van der Waals surface area contributed by atoms with E-state index in [2.05, 4.69) is 62.4 Å². The standard InChI is InChI=1S/C27H23NO/c1-16-7-8-21(17(2)11-16)27-22-15-24-23-12-18-5-3-4-6-19(18)13-25(23)29-26(24)14-20(22)9-10-28-27/h7-15H,3-6H2,1-2H3. The number of aryl methyl sites for hydroxylation is 4. The molecule has 2 heterocycles. The molecule has 0 bridgehead atoms. The molecule has 6 rings (SSSR count). The number of fused-ring (bicyclic) bond motifs is 5. The Morgan fingerprint density at radius 1 is 0.759 bits per heavy atom. The summed E-state index contributed by atoms with van der Waals surface area (Å²) >= 11 is 0. The number of aromatic nitrogens is 1. The first-order valence-electron chi connectivity index (χ1n) is 10.5. The lowest BCUT2D eigenvalue weighted by molar-refractivity contribution is 0.660. The highest BCUT2D eigenvalue weighted by Crippen LogP contribution is 2.38. The minimum absolute atomic E-state index is 0.965. The molecule has 2 heteroatoms. The summed E-state index contributed by atoms with van der Waals surface area (Å²) in [6.45, 7) is 4.30. The summed E-state index contributed by atoms with van der Waals surface area (Å²) in [5.74, 6) is 0. The minimum Gasteiger partial charge on any atom is -0.456 e. The summed E-state index contributed by atoms with van der Waals surface area (Å²) < 4.78 is 6.29. The molecule has 29 heavy (non-hydrogen) atoms. The quantitative estimate of drug-likeness (QED) is 0.306. The van der Waals surface area contributed by atoms with E-state index in [4.69, 9.17) is 9.40 Å². The van der Waals surface area contributed by atoms with E-state index in [1.807, 2.05) is 6.20 Å². The van der Waals surface area contributed by atoms with Crippen molar-refractivity contribution in [2.24, 2.45) is 0 Å². The zero-order chi connectivity index (χ0) is 19.5. The first kappa shape index (κ1) is 16.8. The van der Waals surface area contributed by atoms with E-state index in [1.165, 1.54) is 75.0 Å². The average molecular weight is 377 g/mol.